The molecule has 0 amide bonds. The van der Waals surface area contributed by atoms with Crippen molar-refractivity contribution in [3.05, 3.63) is 170 Å². The van der Waals surface area contributed by atoms with Crippen LogP contribution < -0.4 is 0 Å². The minimum absolute atomic E-state index is 0.937. The molecule has 52 heavy (non-hydrogen) atoms. The van der Waals surface area contributed by atoms with Gasteiger partial charge in [-0.05, 0) is 72.8 Å². The van der Waals surface area contributed by atoms with Crippen LogP contribution in [0.3, 0.4) is 0 Å². The summed E-state index contributed by atoms with van der Waals surface area (Å²) in [5, 5.41) is 9.91. The lowest BCUT2D eigenvalue weighted by molar-refractivity contribution is 1.11. The monoisotopic (exact) mass is 680 g/mol. The molecule has 5 aromatic heterocycles. The number of thiophene rings is 1. The molecular weight excluding hydrogens is 653 g/mol. The molecule has 12 aromatic rings. The number of nitrogens with zero attached hydrogens (tertiary/aromatic N) is 4. The van der Waals surface area contributed by atoms with E-state index in [9.17, 15) is 0 Å². The summed E-state index contributed by atoms with van der Waals surface area (Å²) in [6.45, 7) is 0. The van der Waals surface area contributed by atoms with E-state index in [0.717, 1.165) is 16.3 Å². The molecule has 0 aliphatic rings. The number of para-hydroxylation sites is 5. The van der Waals surface area contributed by atoms with Crippen LogP contribution in [0.1, 0.15) is 0 Å². The highest BCUT2D eigenvalue weighted by molar-refractivity contribution is 7.25. The van der Waals surface area contributed by atoms with E-state index in [1.54, 1.807) is 11.3 Å². The van der Waals surface area contributed by atoms with Crippen LogP contribution in [0.4, 0.5) is 0 Å². The Morgan fingerprint density at radius 2 is 0.865 bits per heavy atom. The van der Waals surface area contributed by atoms with Crippen LogP contribution in [0.2, 0.25) is 0 Å². The largest absolute Gasteiger partial charge is 0.309 e. The zero-order valence-electron chi connectivity index (χ0n) is 27.9. The Balaban J connectivity index is 1.09. The summed E-state index contributed by atoms with van der Waals surface area (Å²) in [5.41, 5.74) is 9.49. The third kappa shape index (κ3) is 3.72. The molecule has 5 heterocycles. The van der Waals surface area contributed by atoms with Gasteiger partial charge in [-0.25, -0.2) is 4.98 Å². The quantitative estimate of drug-likeness (QED) is 0.182. The Bertz CT molecular complexity index is 3320. The molecule has 0 aliphatic carbocycles. The van der Waals surface area contributed by atoms with Gasteiger partial charge in [-0.1, -0.05) is 97.1 Å². The number of aromatic nitrogens is 4. The van der Waals surface area contributed by atoms with Crippen molar-refractivity contribution in [1.82, 2.24) is 18.7 Å². The van der Waals surface area contributed by atoms with Crippen molar-refractivity contribution in [2.75, 3.05) is 0 Å². The van der Waals surface area contributed by atoms with Gasteiger partial charge in [0.1, 0.15) is 10.6 Å². The smallest absolute Gasteiger partial charge is 0.139 e. The Morgan fingerprint density at radius 1 is 0.365 bits per heavy atom. The lowest BCUT2D eigenvalue weighted by atomic mass is 10.1. The lowest BCUT2D eigenvalue weighted by Gasteiger charge is -2.12. The zero-order chi connectivity index (χ0) is 33.9. The highest BCUT2D eigenvalue weighted by Gasteiger charge is 2.20. The van der Waals surface area contributed by atoms with E-state index < -0.39 is 0 Å². The van der Waals surface area contributed by atoms with E-state index >= 15 is 0 Å². The van der Waals surface area contributed by atoms with Crippen molar-refractivity contribution >= 4 is 97.1 Å². The minimum atomic E-state index is 0.937. The van der Waals surface area contributed by atoms with Crippen molar-refractivity contribution in [3.63, 3.8) is 0 Å². The molecule has 5 heteroatoms. The van der Waals surface area contributed by atoms with Gasteiger partial charge in [0.2, 0.25) is 0 Å². The van der Waals surface area contributed by atoms with E-state index in [0.29, 0.717) is 0 Å². The highest BCUT2D eigenvalue weighted by atomic mass is 32.1. The Hall–Kier alpha value is -6.69. The third-order valence-electron chi connectivity index (χ3n) is 10.9. The molecule has 0 N–H and O–H groups in total. The predicted octanol–water partition coefficient (Wildman–Crippen LogP) is 12.7. The number of rotatable bonds is 3. The van der Waals surface area contributed by atoms with E-state index in [1.807, 2.05) is 0 Å². The molecule has 4 nitrogen and oxygen atoms in total. The summed E-state index contributed by atoms with van der Waals surface area (Å²) in [5.74, 6) is 0.937. The van der Waals surface area contributed by atoms with Gasteiger partial charge in [0, 0.05) is 53.5 Å². The Kier molecular flexibility index (Phi) is 5.62. The number of benzene rings is 7. The van der Waals surface area contributed by atoms with Crippen molar-refractivity contribution in [2.24, 2.45) is 0 Å². The van der Waals surface area contributed by atoms with Crippen molar-refractivity contribution in [2.45, 2.75) is 0 Å². The first kappa shape index (κ1) is 28.1. The van der Waals surface area contributed by atoms with E-state index in [4.69, 9.17) is 4.98 Å². The number of fused-ring (bicyclic) bond motifs is 12. The van der Waals surface area contributed by atoms with Crippen LogP contribution in [-0.4, -0.2) is 18.7 Å². The first-order chi connectivity index (χ1) is 25.8. The van der Waals surface area contributed by atoms with Crippen LogP contribution in [0, 0.1) is 0 Å². The number of hydrogen-bond donors (Lipinski definition) is 0. The van der Waals surface area contributed by atoms with E-state index in [1.165, 1.54) is 86.6 Å². The molecule has 0 bridgehead atoms. The summed E-state index contributed by atoms with van der Waals surface area (Å²) in [6.07, 6.45) is 0. The second kappa shape index (κ2) is 10.4. The minimum Gasteiger partial charge on any atom is -0.309 e. The van der Waals surface area contributed by atoms with Crippen molar-refractivity contribution < 1.29 is 0 Å². The summed E-state index contributed by atoms with van der Waals surface area (Å²) < 4.78 is 8.39. The first-order valence-electron chi connectivity index (χ1n) is 17.6. The molecule has 0 radical (unpaired) electrons. The van der Waals surface area contributed by atoms with Crippen molar-refractivity contribution in [3.8, 4) is 17.2 Å². The third-order valence-corrected chi connectivity index (χ3v) is 11.9. The summed E-state index contributed by atoms with van der Waals surface area (Å²) >= 11 is 1.77. The van der Waals surface area contributed by atoms with Gasteiger partial charge < -0.3 is 9.13 Å². The maximum Gasteiger partial charge on any atom is 0.139 e. The Labute approximate surface area is 301 Å². The average molecular weight is 681 g/mol. The highest BCUT2D eigenvalue weighted by Crippen LogP contribution is 2.42. The summed E-state index contributed by atoms with van der Waals surface area (Å²) in [6, 6.07) is 61.6. The number of pyridine rings is 1. The van der Waals surface area contributed by atoms with Crippen LogP contribution in [0.5, 0.6) is 0 Å². The Morgan fingerprint density at radius 3 is 1.46 bits per heavy atom. The van der Waals surface area contributed by atoms with Gasteiger partial charge in [-0.2, -0.15) is 0 Å². The molecule has 12 rings (SSSR count). The first-order valence-corrected chi connectivity index (χ1v) is 18.5. The molecule has 0 saturated carbocycles. The van der Waals surface area contributed by atoms with Gasteiger partial charge in [-0.3, -0.25) is 4.57 Å². The van der Waals surface area contributed by atoms with Crippen molar-refractivity contribution in [1.29, 1.82) is 0 Å². The fraction of sp³-hybridized carbons (Fsp3) is 0. The molecule has 0 saturated heterocycles. The fourth-order valence-electron chi connectivity index (χ4n) is 8.72. The molecule has 0 atom stereocenters. The van der Waals surface area contributed by atoms with Crippen LogP contribution in [0.25, 0.3) is 103 Å². The van der Waals surface area contributed by atoms with Gasteiger partial charge >= 0.3 is 0 Å². The topological polar surface area (TPSA) is 27.7 Å². The molecule has 7 aromatic carbocycles. The molecule has 0 fully saturated rings. The zero-order valence-corrected chi connectivity index (χ0v) is 28.7. The molecule has 0 unspecified atom stereocenters. The normalized spacial score (nSPS) is 12.2. The maximum absolute atomic E-state index is 5.36. The average Bonchev–Trinajstić information content (AvgIpc) is 3.94. The molecule has 0 aliphatic heterocycles. The maximum atomic E-state index is 5.36. The summed E-state index contributed by atoms with van der Waals surface area (Å²) in [7, 11) is 0. The fourth-order valence-corrected chi connectivity index (χ4v) is 9.81. The van der Waals surface area contributed by atoms with Crippen LogP contribution in [-0.2, 0) is 0 Å². The standard InChI is InChI=1S/C47H28N4S/c1-6-17-37-30(12-1)31-13-2-7-18-38(31)49(37)29-24-26-42-36(28-29)34-16-5-8-19-39(34)50(42)43-22-11-23-44-46(43)35-25-27-45(48-47(35)52-44)51-40-20-9-3-14-32(40)33-15-4-10-21-41(33)51/h1-28H. The lowest BCUT2D eigenvalue weighted by Crippen LogP contribution is -1.97. The van der Waals surface area contributed by atoms with Gasteiger partial charge in [-0.15, -0.1) is 11.3 Å². The second-order valence-electron chi connectivity index (χ2n) is 13.6. The molecule has 0 spiro atoms. The van der Waals surface area contributed by atoms with Gasteiger partial charge in [0.25, 0.3) is 0 Å². The SMILES string of the molecule is c1cc(-n2c3ccccc3c3cc(-n4c5ccccc5c5ccccc54)ccc32)c2c(c1)sc1nc(-n3c4ccccc4c4ccccc43)ccc12. The number of hydrogen-bond acceptors (Lipinski definition) is 2. The van der Waals surface area contributed by atoms with Crippen LogP contribution >= 0.6 is 11.3 Å². The molecular formula is C47H28N4S. The van der Waals surface area contributed by atoms with Crippen LogP contribution in [0.15, 0.2) is 170 Å². The summed E-state index contributed by atoms with van der Waals surface area (Å²) in [4.78, 5) is 6.40. The van der Waals surface area contributed by atoms with E-state index in [2.05, 4.69) is 184 Å². The van der Waals surface area contributed by atoms with Gasteiger partial charge in [0.05, 0.1) is 38.8 Å². The van der Waals surface area contributed by atoms with E-state index in [-0.39, 0.29) is 0 Å². The van der Waals surface area contributed by atoms with Gasteiger partial charge in [0.15, 0.2) is 0 Å². The molecule has 242 valence electrons. The second-order valence-corrected chi connectivity index (χ2v) is 14.6. The predicted molar refractivity (Wildman–Crippen MR) is 220 cm³/mol.